The molecule has 1 amide bonds. The molecule has 4 nitrogen and oxygen atoms in total. The normalized spacial score (nSPS) is 36.3. The fourth-order valence-electron chi connectivity index (χ4n) is 3.31. The van der Waals surface area contributed by atoms with Crippen LogP contribution < -0.4 is 5.73 Å². The standard InChI is InChI=1S/C15H28N2O2/c1-3-13-10-17(8-9-19-13)14(18)15(11-16)6-4-12(2)5-7-15/h12-13H,3-11,16H2,1-2H3. The molecule has 1 saturated heterocycles. The summed E-state index contributed by atoms with van der Waals surface area (Å²) in [7, 11) is 0. The van der Waals surface area contributed by atoms with Gasteiger partial charge in [0, 0.05) is 19.6 Å². The number of hydrogen-bond donors (Lipinski definition) is 1. The number of morpholine rings is 1. The maximum absolute atomic E-state index is 12.9. The summed E-state index contributed by atoms with van der Waals surface area (Å²) in [6, 6.07) is 0. The third kappa shape index (κ3) is 3.11. The molecule has 2 aliphatic rings. The minimum Gasteiger partial charge on any atom is -0.375 e. The molecule has 0 spiro atoms. The minimum absolute atomic E-state index is 0.204. The molecule has 0 bridgehead atoms. The second-order valence-electron chi connectivity index (χ2n) is 6.32. The molecule has 2 N–H and O–H groups in total. The average Bonchev–Trinajstić information content (AvgIpc) is 2.48. The van der Waals surface area contributed by atoms with E-state index in [1.54, 1.807) is 0 Å². The van der Waals surface area contributed by atoms with Crippen molar-refractivity contribution in [3.63, 3.8) is 0 Å². The molecule has 1 saturated carbocycles. The molecule has 0 aromatic heterocycles. The van der Waals surface area contributed by atoms with Crippen LogP contribution >= 0.6 is 0 Å². The van der Waals surface area contributed by atoms with Gasteiger partial charge in [0.05, 0.1) is 18.1 Å². The van der Waals surface area contributed by atoms with Crippen molar-refractivity contribution in [2.75, 3.05) is 26.2 Å². The molecule has 2 fully saturated rings. The summed E-state index contributed by atoms with van der Waals surface area (Å²) in [5, 5.41) is 0. The van der Waals surface area contributed by atoms with Crippen LogP contribution in [0.4, 0.5) is 0 Å². The van der Waals surface area contributed by atoms with Gasteiger partial charge in [-0.1, -0.05) is 13.8 Å². The van der Waals surface area contributed by atoms with E-state index in [1.165, 1.54) is 0 Å². The summed E-state index contributed by atoms with van der Waals surface area (Å²) in [5.74, 6) is 1.02. The van der Waals surface area contributed by atoms with Crippen LogP contribution in [-0.4, -0.2) is 43.2 Å². The lowest BCUT2D eigenvalue weighted by Gasteiger charge is -2.43. The molecule has 0 aromatic carbocycles. The Kier molecular flexibility index (Phi) is 4.85. The Balaban J connectivity index is 2.03. The lowest BCUT2D eigenvalue weighted by atomic mass is 9.70. The third-order valence-electron chi connectivity index (χ3n) is 4.96. The first-order chi connectivity index (χ1) is 9.11. The average molecular weight is 268 g/mol. The Morgan fingerprint density at radius 2 is 2.11 bits per heavy atom. The number of nitrogens with zero attached hydrogens (tertiary/aromatic N) is 1. The van der Waals surface area contributed by atoms with Gasteiger partial charge in [0.1, 0.15) is 0 Å². The maximum Gasteiger partial charge on any atom is 0.230 e. The number of ether oxygens (including phenoxy) is 1. The van der Waals surface area contributed by atoms with Gasteiger partial charge in [0.2, 0.25) is 5.91 Å². The fourth-order valence-corrected chi connectivity index (χ4v) is 3.31. The Hall–Kier alpha value is -0.610. The van der Waals surface area contributed by atoms with E-state index in [0.29, 0.717) is 13.2 Å². The number of carbonyl (C=O) groups excluding carboxylic acids is 1. The van der Waals surface area contributed by atoms with Gasteiger partial charge < -0.3 is 15.4 Å². The summed E-state index contributed by atoms with van der Waals surface area (Å²) in [6.07, 6.45) is 5.34. The molecule has 0 radical (unpaired) electrons. The van der Waals surface area contributed by atoms with Crippen molar-refractivity contribution in [3.8, 4) is 0 Å². The van der Waals surface area contributed by atoms with Gasteiger partial charge >= 0.3 is 0 Å². The smallest absolute Gasteiger partial charge is 0.230 e. The fraction of sp³-hybridized carbons (Fsp3) is 0.933. The van der Waals surface area contributed by atoms with Crippen LogP contribution in [0.3, 0.4) is 0 Å². The van der Waals surface area contributed by atoms with E-state index < -0.39 is 0 Å². The number of hydrogen-bond acceptors (Lipinski definition) is 3. The highest BCUT2D eigenvalue weighted by atomic mass is 16.5. The van der Waals surface area contributed by atoms with Gasteiger partial charge in [-0.15, -0.1) is 0 Å². The van der Waals surface area contributed by atoms with Crippen molar-refractivity contribution in [2.24, 2.45) is 17.1 Å². The van der Waals surface area contributed by atoms with Gasteiger partial charge in [-0.05, 0) is 38.0 Å². The van der Waals surface area contributed by atoms with Crippen molar-refractivity contribution in [2.45, 2.75) is 52.1 Å². The van der Waals surface area contributed by atoms with Gasteiger partial charge in [0.25, 0.3) is 0 Å². The zero-order chi connectivity index (χ0) is 13.9. The van der Waals surface area contributed by atoms with E-state index in [2.05, 4.69) is 13.8 Å². The van der Waals surface area contributed by atoms with Gasteiger partial charge in [-0.25, -0.2) is 0 Å². The largest absolute Gasteiger partial charge is 0.375 e. The van der Waals surface area contributed by atoms with Crippen LogP contribution in [0.25, 0.3) is 0 Å². The Morgan fingerprint density at radius 1 is 1.42 bits per heavy atom. The molecule has 1 unspecified atom stereocenters. The van der Waals surface area contributed by atoms with E-state index in [9.17, 15) is 4.79 Å². The number of amides is 1. The summed E-state index contributed by atoms with van der Waals surface area (Å²) >= 11 is 0. The molecule has 1 heterocycles. The molecular weight excluding hydrogens is 240 g/mol. The lowest BCUT2D eigenvalue weighted by molar-refractivity contribution is -0.151. The number of nitrogens with two attached hydrogens (primary N) is 1. The topological polar surface area (TPSA) is 55.6 Å². The van der Waals surface area contributed by atoms with Gasteiger partial charge in [-0.3, -0.25) is 4.79 Å². The molecule has 2 rings (SSSR count). The van der Waals surface area contributed by atoms with Crippen LogP contribution in [0, 0.1) is 11.3 Å². The first-order valence-electron chi connectivity index (χ1n) is 7.72. The van der Waals surface area contributed by atoms with Crippen LogP contribution in [0.15, 0.2) is 0 Å². The molecule has 4 heteroatoms. The molecule has 1 aliphatic carbocycles. The summed E-state index contributed by atoms with van der Waals surface area (Å²) < 4.78 is 5.65. The SMILES string of the molecule is CCC1CN(C(=O)C2(CN)CCC(C)CC2)CCO1. The predicted octanol–water partition coefficient (Wildman–Crippen LogP) is 1.78. The highest BCUT2D eigenvalue weighted by Crippen LogP contribution is 2.39. The van der Waals surface area contributed by atoms with E-state index in [0.717, 1.165) is 51.1 Å². The lowest BCUT2D eigenvalue weighted by Crippen LogP contribution is -2.54. The van der Waals surface area contributed by atoms with E-state index in [1.807, 2.05) is 4.90 Å². The van der Waals surface area contributed by atoms with Crippen LogP contribution in [0.5, 0.6) is 0 Å². The van der Waals surface area contributed by atoms with E-state index in [4.69, 9.17) is 10.5 Å². The first kappa shape index (κ1) is 14.8. The van der Waals surface area contributed by atoms with Crippen molar-refractivity contribution in [1.82, 2.24) is 4.90 Å². The second-order valence-corrected chi connectivity index (χ2v) is 6.32. The number of rotatable bonds is 3. The van der Waals surface area contributed by atoms with Crippen molar-refractivity contribution in [3.05, 3.63) is 0 Å². The number of carbonyl (C=O) groups is 1. The van der Waals surface area contributed by atoms with E-state index >= 15 is 0 Å². The molecule has 19 heavy (non-hydrogen) atoms. The monoisotopic (exact) mass is 268 g/mol. The summed E-state index contributed by atoms with van der Waals surface area (Å²) in [5.41, 5.74) is 5.69. The predicted molar refractivity (Wildman–Crippen MR) is 75.7 cm³/mol. The molecule has 1 aliphatic heterocycles. The van der Waals surface area contributed by atoms with Gasteiger partial charge in [-0.2, -0.15) is 0 Å². The maximum atomic E-state index is 12.9. The van der Waals surface area contributed by atoms with Crippen LogP contribution in [0.2, 0.25) is 0 Å². The summed E-state index contributed by atoms with van der Waals surface area (Å²) in [6.45, 7) is 7.01. The molecule has 1 atom stereocenters. The zero-order valence-corrected chi connectivity index (χ0v) is 12.4. The minimum atomic E-state index is -0.290. The quantitative estimate of drug-likeness (QED) is 0.849. The molecule has 0 aromatic rings. The molecule has 110 valence electrons. The Bertz CT molecular complexity index is 311. The van der Waals surface area contributed by atoms with Crippen LogP contribution in [-0.2, 0) is 9.53 Å². The first-order valence-corrected chi connectivity index (χ1v) is 7.72. The summed E-state index contributed by atoms with van der Waals surface area (Å²) in [4.78, 5) is 14.9. The second kappa shape index (κ2) is 6.23. The van der Waals surface area contributed by atoms with Crippen molar-refractivity contribution in [1.29, 1.82) is 0 Å². The van der Waals surface area contributed by atoms with Crippen molar-refractivity contribution < 1.29 is 9.53 Å². The van der Waals surface area contributed by atoms with E-state index in [-0.39, 0.29) is 17.4 Å². The highest BCUT2D eigenvalue weighted by molar-refractivity contribution is 5.83. The Labute approximate surface area is 116 Å². The third-order valence-corrected chi connectivity index (χ3v) is 4.96. The Morgan fingerprint density at radius 3 is 2.68 bits per heavy atom. The zero-order valence-electron chi connectivity index (χ0n) is 12.4. The van der Waals surface area contributed by atoms with Gasteiger partial charge in [0.15, 0.2) is 0 Å². The van der Waals surface area contributed by atoms with Crippen molar-refractivity contribution >= 4 is 5.91 Å². The van der Waals surface area contributed by atoms with Crippen LogP contribution in [0.1, 0.15) is 46.0 Å². The highest BCUT2D eigenvalue weighted by Gasteiger charge is 2.43. The molecular formula is C15H28N2O2.